The second-order valence-electron chi connectivity index (χ2n) is 5.08. The van der Waals surface area contributed by atoms with Crippen LogP contribution >= 0.6 is 11.3 Å². The van der Waals surface area contributed by atoms with Gasteiger partial charge < -0.3 is 5.32 Å². The van der Waals surface area contributed by atoms with Crippen molar-refractivity contribution in [2.24, 2.45) is 0 Å². The lowest BCUT2D eigenvalue weighted by atomic mass is 10.2. The molecule has 2 rings (SSSR count). The Morgan fingerprint density at radius 3 is 2.47 bits per heavy atom. The number of aromatic nitrogens is 3. The number of hydrogen-bond donors (Lipinski definition) is 1. The number of thiazole rings is 1. The van der Waals surface area contributed by atoms with E-state index in [4.69, 9.17) is 0 Å². The third-order valence-corrected chi connectivity index (χ3v) is 3.86. The van der Waals surface area contributed by atoms with E-state index in [0.29, 0.717) is 5.92 Å². The lowest BCUT2D eigenvalue weighted by molar-refractivity contribution is 0.760. The highest BCUT2D eigenvalue weighted by atomic mass is 32.1. The highest BCUT2D eigenvalue weighted by Gasteiger charge is 2.12. The van der Waals surface area contributed by atoms with Gasteiger partial charge in [0, 0.05) is 28.8 Å². The van der Waals surface area contributed by atoms with Crippen molar-refractivity contribution in [3.05, 3.63) is 33.7 Å². The molecule has 1 unspecified atom stereocenters. The summed E-state index contributed by atoms with van der Waals surface area (Å²) in [6.07, 6.45) is 1.91. The molecule has 0 aromatic carbocycles. The summed E-state index contributed by atoms with van der Waals surface area (Å²) in [4.78, 5) is 14.6. The zero-order valence-corrected chi connectivity index (χ0v) is 12.9. The normalized spacial score (nSPS) is 12.7. The van der Waals surface area contributed by atoms with Crippen LogP contribution in [0.15, 0.2) is 12.3 Å². The first-order valence-electron chi connectivity index (χ1n) is 6.50. The van der Waals surface area contributed by atoms with Crippen LogP contribution in [-0.2, 0) is 0 Å². The first-order chi connectivity index (χ1) is 8.95. The van der Waals surface area contributed by atoms with Gasteiger partial charge in [0.15, 0.2) is 0 Å². The Morgan fingerprint density at radius 2 is 1.89 bits per heavy atom. The van der Waals surface area contributed by atoms with Gasteiger partial charge in [-0.15, -0.1) is 11.3 Å². The van der Waals surface area contributed by atoms with Crippen LogP contribution in [-0.4, -0.2) is 15.0 Å². The molecule has 0 aliphatic rings. The van der Waals surface area contributed by atoms with Gasteiger partial charge in [-0.25, -0.2) is 15.0 Å². The number of rotatable bonds is 4. The second kappa shape index (κ2) is 5.65. The molecule has 2 heterocycles. The maximum atomic E-state index is 4.56. The monoisotopic (exact) mass is 276 g/mol. The van der Waals surface area contributed by atoms with Crippen molar-refractivity contribution in [1.82, 2.24) is 15.0 Å². The lowest BCUT2D eigenvalue weighted by Crippen LogP contribution is -2.10. The fraction of sp³-hybridized carbons (Fsp3) is 0.500. The minimum atomic E-state index is 0.160. The van der Waals surface area contributed by atoms with Crippen molar-refractivity contribution in [3.8, 4) is 0 Å². The van der Waals surface area contributed by atoms with Gasteiger partial charge >= 0.3 is 0 Å². The van der Waals surface area contributed by atoms with Crippen molar-refractivity contribution >= 4 is 17.2 Å². The number of nitrogens with one attached hydrogen (secondary N) is 1. The van der Waals surface area contributed by atoms with E-state index >= 15 is 0 Å². The Labute approximate surface area is 118 Å². The number of anilines is 1. The summed E-state index contributed by atoms with van der Waals surface area (Å²) in [6.45, 7) is 10.4. The summed E-state index contributed by atoms with van der Waals surface area (Å²) in [5.41, 5.74) is 0.990. The Hall–Kier alpha value is -1.49. The summed E-state index contributed by atoms with van der Waals surface area (Å²) >= 11 is 1.71. The maximum absolute atomic E-state index is 4.56. The molecule has 0 saturated heterocycles. The van der Waals surface area contributed by atoms with Crippen molar-refractivity contribution in [2.45, 2.75) is 46.6 Å². The van der Waals surface area contributed by atoms with Gasteiger partial charge in [-0.3, -0.25) is 0 Å². The second-order valence-corrected chi connectivity index (χ2v) is 6.35. The molecule has 0 saturated carbocycles. The zero-order valence-electron chi connectivity index (χ0n) is 12.1. The standard InChI is InChI=1S/C14H20N4S/c1-8(2)13-16-9(3)6-12(18-13)17-11(5)14-15-7-10(4)19-14/h6-8,11H,1-5H3,(H,16,17,18). The van der Waals surface area contributed by atoms with Gasteiger partial charge in [0.2, 0.25) is 0 Å². The number of hydrogen-bond acceptors (Lipinski definition) is 5. The molecule has 1 atom stereocenters. The molecule has 0 spiro atoms. The van der Waals surface area contributed by atoms with Crippen LogP contribution < -0.4 is 5.32 Å². The molecule has 102 valence electrons. The summed E-state index contributed by atoms with van der Waals surface area (Å²) in [5, 5.41) is 4.49. The van der Waals surface area contributed by atoms with E-state index in [1.54, 1.807) is 11.3 Å². The van der Waals surface area contributed by atoms with E-state index in [9.17, 15) is 0 Å². The minimum Gasteiger partial charge on any atom is -0.361 e. The van der Waals surface area contributed by atoms with Crippen LogP contribution in [0.5, 0.6) is 0 Å². The van der Waals surface area contributed by atoms with Crippen LogP contribution in [0.1, 0.15) is 54.1 Å². The average Bonchev–Trinajstić information content (AvgIpc) is 2.75. The molecule has 0 fully saturated rings. The minimum absolute atomic E-state index is 0.160. The van der Waals surface area contributed by atoms with E-state index in [1.165, 1.54) is 4.88 Å². The summed E-state index contributed by atoms with van der Waals surface area (Å²) < 4.78 is 0. The van der Waals surface area contributed by atoms with Crippen molar-refractivity contribution in [3.63, 3.8) is 0 Å². The predicted octanol–water partition coefficient (Wildman–Crippen LogP) is 3.85. The first-order valence-corrected chi connectivity index (χ1v) is 7.32. The average molecular weight is 276 g/mol. The smallest absolute Gasteiger partial charge is 0.133 e. The largest absolute Gasteiger partial charge is 0.361 e. The van der Waals surface area contributed by atoms with E-state index < -0.39 is 0 Å². The van der Waals surface area contributed by atoms with Gasteiger partial charge in [0.05, 0.1) is 6.04 Å². The van der Waals surface area contributed by atoms with Crippen LogP contribution in [0, 0.1) is 13.8 Å². The first kappa shape index (κ1) is 13.9. The molecule has 2 aromatic rings. The van der Waals surface area contributed by atoms with Crippen LogP contribution in [0.2, 0.25) is 0 Å². The number of nitrogens with zero attached hydrogens (tertiary/aromatic N) is 3. The van der Waals surface area contributed by atoms with Gasteiger partial charge in [-0.1, -0.05) is 13.8 Å². The fourth-order valence-corrected chi connectivity index (χ4v) is 2.56. The van der Waals surface area contributed by atoms with E-state index in [0.717, 1.165) is 22.3 Å². The Balaban J connectivity index is 2.18. The quantitative estimate of drug-likeness (QED) is 0.921. The molecular formula is C14H20N4S. The van der Waals surface area contributed by atoms with Crippen molar-refractivity contribution in [1.29, 1.82) is 0 Å². The van der Waals surface area contributed by atoms with Crippen molar-refractivity contribution < 1.29 is 0 Å². The van der Waals surface area contributed by atoms with E-state index in [2.05, 4.69) is 48.0 Å². The van der Waals surface area contributed by atoms with Crippen LogP contribution in [0.4, 0.5) is 5.82 Å². The maximum Gasteiger partial charge on any atom is 0.133 e. The molecule has 0 aliphatic heterocycles. The van der Waals surface area contributed by atoms with Crippen molar-refractivity contribution in [2.75, 3.05) is 5.32 Å². The Morgan fingerprint density at radius 1 is 1.16 bits per heavy atom. The molecule has 0 aliphatic carbocycles. The molecule has 0 amide bonds. The molecule has 2 aromatic heterocycles. The van der Waals surface area contributed by atoms with Gasteiger partial charge in [-0.2, -0.15) is 0 Å². The molecular weight excluding hydrogens is 256 g/mol. The van der Waals surface area contributed by atoms with Gasteiger partial charge in [0.25, 0.3) is 0 Å². The predicted molar refractivity (Wildman–Crippen MR) is 79.7 cm³/mol. The third kappa shape index (κ3) is 3.50. The Kier molecular flexibility index (Phi) is 4.14. The van der Waals surface area contributed by atoms with Gasteiger partial charge in [0.1, 0.15) is 16.6 Å². The molecule has 1 N–H and O–H groups in total. The fourth-order valence-electron chi connectivity index (χ4n) is 1.78. The lowest BCUT2D eigenvalue weighted by Gasteiger charge is -2.14. The van der Waals surface area contributed by atoms with Gasteiger partial charge in [-0.05, 0) is 20.8 Å². The zero-order chi connectivity index (χ0) is 14.0. The summed E-state index contributed by atoms with van der Waals surface area (Å²) in [5.74, 6) is 2.08. The molecule has 19 heavy (non-hydrogen) atoms. The number of aryl methyl sites for hydroxylation is 2. The molecule has 0 bridgehead atoms. The topological polar surface area (TPSA) is 50.7 Å². The molecule has 4 nitrogen and oxygen atoms in total. The van der Waals surface area contributed by atoms with Crippen LogP contribution in [0.3, 0.4) is 0 Å². The SMILES string of the molecule is Cc1cc(NC(C)c2ncc(C)s2)nc(C(C)C)n1. The van der Waals surface area contributed by atoms with Crippen LogP contribution in [0.25, 0.3) is 0 Å². The van der Waals surface area contributed by atoms with E-state index in [1.807, 2.05) is 19.2 Å². The summed E-state index contributed by atoms with van der Waals surface area (Å²) in [6, 6.07) is 2.14. The summed E-state index contributed by atoms with van der Waals surface area (Å²) in [7, 11) is 0. The van der Waals surface area contributed by atoms with E-state index in [-0.39, 0.29) is 6.04 Å². The third-order valence-electron chi connectivity index (χ3n) is 2.76. The Bertz CT molecular complexity index is 562. The molecule has 5 heteroatoms. The highest BCUT2D eigenvalue weighted by Crippen LogP contribution is 2.23. The molecule has 0 radical (unpaired) electrons. The highest BCUT2D eigenvalue weighted by molar-refractivity contribution is 7.11.